The van der Waals surface area contributed by atoms with Crippen molar-refractivity contribution < 1.29 is 0 Å². The number of rotatable bonds is 11. The molecule has 0 aromatic heterocycles. The van der Waals surface area contributed by atoms with E-state index in [1.807, 2.05) is 0 Å². The largest absolute Gasteiger partial charge is 0.370 e. The molecule has 0 radical (unpaired) electrons. The standard InChI is InChI=1S/C16H36N6/c1-13(2)11-21-15(17)19-9-7-5-6-8-10-20-16(18)22-12-14(3)4/h13-14H,5-12H2,1-4H3,(H3,17,19,21)(H3,18,20,22). The normalized spacial score (nSPS) is 13.0. The summed E-state index contributed by atoms with van der Waals surface area (Å²) in [5, 5.41) is 6.29. The molecular weight excluding hydrogens is 276 g/mol. The molecule has 0 aromatic carbocycles. The van der Waals surface area contributed by atoms with Gasteiger partial charge in [0, 0.05) is 26.2 Å². The fourth-order valence-corrected chi connectivity index (χ4v) is 1.71. The molecule has 0 aliphatic rings. The zero-order valence-electron chi connectivity index (χ0n) is 14.9. The third-order valence-corrected chi connectivity index (χ3v) is 2.97. The Labute approximate surface area is 136 Å². The zero-order chi connectivity index (χ0) is 16.8. The van der Waals surface area contributed by atoms with Crippen molar-refractivity contribution in [2.75, 3.05) is 26.2 Å². The van der Waals surface area contributed by atoms with Gasteiger partial charge in [0.2, 0.25) is 0 Å². The van der Waals surface area contributed by atoms with Crippen LogP contribution in [-0.4, -0.2) is 38.1 Å². The van der Waals surface area contributed by atoms with Crippen LogP contribution in [0.3, 0.4) is 0 Å². The van der Waals surface area contributed by atoms with Crippen LogP contribution in [0.15, 0.2) is 9.98 Å². The summed E-state index contributed by atoms with van der Waals surface area (Å²) < 4.78 is 0. The van der Waals surface area contributed by atoms with E-state index in [4.69, 9.17) is 11.5 Å². The number of nitrogens with zero attached hydrogens (tertiary/aromatic N) is 2. The van der Waals surface area contributed by atoms with Crippen molar-refractivity contribution in [1.29, 1.82) is 0 Å². The van der Waals surface area contributed by atoms with E-state index in [1.165, 1.54) is 12.8 Å². The number of aliphatic imine (C=N–C) groups is 2. The van der Waals surface area contributed by atoms with Gasteiger partial charge in [-0.3, -0.25) is 9.98 Å². The number of hydrogen-bond acceptors (Lipinski definition) is 2. The van der Waals surface area contributed by atoms with Gasteiger partial charge in [-0.05, 0) is 24.7 Å². The van der Waals surface area contributed by atoms with Gasteiger partial charge in [0.1, 0.15) is 0 Å². The topological polar surface area (TPSA) is 101 Å². The molecule has 0 atom stereocenters. The van der Waals surface area contributed by atoms with E-state index in [-0.39, 0.29) is 0 Å². The Kier molecular flexibility index (Phi) is 12.3. The molecule has 6 heteroatoms. The lowest BCUT2D eigenvalue weighted by Crippen LogP contribution is -2.33. The summed E-state index contributed by atoms with van der Waals surface area (Å²) in [5.41, 5.74) is 11.5. The van der Waals surface area contributed by atoms with Crippen LogP contribution in [-0.2, 0) is 0 Å². The predicted octanol–water partition coefficient (Wildman–Crippen LogP) is 1.67. The number of hydrogen-bond donors (Lipinski definition) is 4. The molecule has 6 N–H and O–H groups in total. The highest BCUT2D eigenvalue weighted by atomic mass is 15.1. The number of nitrogens with two attached hydrogens (primary N) is 2. The molecule has 130 valence electrons. The fourth-order valence-electron chi connectivity index (χ4n) is 1.71. The molecule has 0 spiro atoms. The van der Waals surface area contributed by atoms with E-state index in [2.05, 4.69) is 48.3 Å². The Hall–Kier alpha value is -1.46. The minimum Gasteiger partial charge on any atom is -0.370 e. The van der Waals surface area contributed by atoms with Gasteiger partial charge in [-0.2, -0.15) is 0 Å². The molecule has 0 aliphatic carbocycles. The summed E-state index contributed by atoms with van der Waals surface area (Å²) in [6.07, 6.45) is 4.56. The van der Waals surface area contributed by atoms with Crippen molar-refractivity contribution in [1.82, 2.24) is 10.6 Å². The van der Waals surface area contributed by atoms with Crippen LogP contribution in [0, 0.1) is 11.8 Å². The van der Waals surface area contributed by atoms with Crippen LogP contribution in [0.4, 0.5) is 0 Å². The third-order valence-electron chi connectivity index (χ3n) is 2.97. The van der Waals surface area contributed by atoms with Crippen LogP contribution in [0.1, 0.15) is 53.4 Å². The molecule has 0 rings (SSSR count). The highest BCUT2D eigenvalue weighted by Crippen LogP contribution is 1.98. The smallest absolute Gasteiger partial charge is 0.188 e. The van der Waals surface area contributed by atoms with Gasteiger partial charge in [0.25, 0.3) is 0 Å². The van der Waals surface area contributed by atoms with Crippen molar-refractivity contribution in [3.05, 3.63) is 0 Å². The van der Waals surface area contributed by atoms with E-state index in [0.717, 1.165) is 39.0 Å². The molecule has 22 heavy (non-hydrogen) atoms. The summed E-state index contributed by atoms with van der Waals surface area (Å²) in [5.74, 6) is 2.21. The van der Waals surface area contributed by atoms with E-state index >= 15 is 0 Å². The summed E-state index contributed by atoms with van der Waals surface area (Å²) in [6, 6.07) is 0. The Morgan fingerprint density at radius 2 is 1.09 bits per heavy atom. The van der Waals surface area contributed by atoms with Crippen LogP contribution >= 0.6 is 0 Å². The summed E-state index contributed by atoms with van der Waals surface area (Å²) in [4.78, 5) is 8.53. The highest BCUT2D eigenvalue weighted by molar-refractivity contribution is 5.78. The maximum absolute atomic E-state index is 5.77. The molecule has 0 saturated carbocycles. The lowest BCUT2D eigenvalue weighted by Gasteiger charge is -2.08. The van der Waals surface area contributed by atoms with Crippen molar-refractivity contribution in [2.24, 2.45) is 33.3 Å². The first-order valence-electron chi connectivity index (χ1n) is 8.49. The molecule has 0 fully saturated rings. The van der Waals surface area contributed by atoms with Crippen molar-refractivity contribution in [3.63, 3.8) is 0 Å². The second-order valence-electron chi connectivity index (χ2n) is 6.51. The summed E-state index contributed by atoms with van der Waals surface area (Å²) in [6.45, 7) is 11.9. The van der Waals surface area contributed by atoms with Gasteiger partial charge in [0.15, 0.2) is 11.9 Å². The SMILES string of the molecule is CC(C)CN=C(N)NCCCCCCNC(N)=NCC(C)C. The molecular formula is C16H36N6. The third kappa shape index (κ3) is 14.9. The number of guanidine groups is 2. The second kappa shape index (κ2) is 13.2. The first-order valence-corrected chi connectivity index (χ1v) is 8.49. The lowest BCUT2D eigenvalue weighted by molar-refractivity contribution is 0.617. The minimum atomic E-state index is 0.546. The van der Waals surface area contributed by atoms with Crippen LogP contribution in [0.5, 0.6) is 0 Å². The zero-order valence-corrected chi connectivity index (χ0v) is 14.9. The lowest BCUT2D eigenvalue weighted by atomic mass is 10.2. The number of unbranched alkanes of at least 4 members (excludes halogenated alkanes) is 3. The van der Waals surface area contributed by atoms with E-state index in [0.29, 0.717) is 23.8 Å². The highest BCUT2D eigenvalue weighted by Gasteiger charge is 1.96. The maximum atomic E-state index is 5.77. The molecule has 0 aliphatic heterocycles. The Morgan fingerprint density at radius 1 is 0.727 bits per heavy atom. The van der Waals surface area contributed by atoms with Crippen LogP contribution in [0.25, 0.3) is 0 Å². The Balaban J connectivity index is 3.44. The summed E-state index contributed by atoms with van der Waals surface area (Å²) >= 11 is 0. The molecule has 0 amide bonds. The van der Waals surface area contributed by atoms with E-state index in [1.54, 1.807) is 0 Å². The van der Waals surface area contributed by atoms with Crippen molar-refractivity contribution >= 4 is 11.9 Å². The van der Waals surface area contributed by atoms with Gasteiger partial charge >= 0.3 is 0 Å². The average molecular weight is 313 g/mol. The Morgan fingerprint density at radius 3 is 1.41 bits per heavy atom. The second-order valence-corrected chi connectivity index (χ2v) is 6.51. The van der Waals surface area contributed by atoms with Crippen LogP contribution < -0.4 is 22.1 Å². The maximum Gasteiger partial charge on any atom is 0.188 e. The van der Waals surface area contributed by atoms with Crippen LogP contribution in [0.2, 0.25) is 0 Å². The first-order chi connectivity index (χ1) is 10.4. The van der Waals surface area contributed by atoms with Gasteiger partial charge in [-0.1, -0.05) is 40.5 Å². The number of nitrogens with one attached hydrogen (secondary N) is 2. The van der Waals surface area contributed by atoms with E-state index < -0.39 is 0 Å². The molecule has 0 heterocycles. The van der Waals surface area contributed by atoms with Gasteiger partial charge in [-0.25, -0.2) is 0 Å². The molecule has 0 bridgehead atoms. The molecule has 6 nitrogen and oxygen atoms in total. The monoisotopic (exact) mass is 312 g/mol. The van der Waals surface area contributed by atoms with Gasteiger partial charge in [-0.15, -0.1) is 0 Å². The quantitative estimate of drug-likeness (QED) is 0.265. The minimum absolute atomic E-state index is 0.546. The van der Waals surface area contributed by atoms with E-state index in [9.17, 15) is 0 Å². The fraction of sp³-hybridized carbons (Fsp3) is 0.875. The molecule has 0 aromatic rings. The predicted molar refractivity (Wildman–Crippen MR) is 97.1 cm³/mol. The van der Waals surface area contributed by atoms with Gasteiger partial charge in [0.05, 0.1) is 0 Å². The Bertz CT molecular complexity index is 291. The average Bonchev–Trinajstić information content (AvgIpc) is 2.45. The van der Waals surface area contributed by atoms with Crippen molar-refractivity contribution in [2.45, 2.75) is 53.4 Å². The summed E-state index contributed by atoms with van der Waals surface area (Å²) in [7, 11) is 0. The van der Waals surface area contributed by atoms with Crippen molar-refractivity contribution in [3.8, 4) is 0 Å². The molecule has 0 saturated heterocycles. The van der Waals surface area contributed by atoms with Gasteiger partial charge < -0.3 is 22.1 Å². The molecule has 0 unspecified atom stereocenters. The first kappa shape index (κ1) is 20.5.